The number of aliphatic hydroxyl groups is 3. The van der Waals surface area contributed by atoms with Gasteiger partial charge in [-0.1, -0.05) is 43.7 Å². The quantitative estimate of drug-likeness (QED) is 0.520. The SMILES string of the molecule is C=C1CC[C@H](O)C/C1=C/C=C1\CCC[C@@]2(C)C1CCC2[C@H](C)CC[C@@H](O)C(C)(C)O. The van der Waals surface area contributed by atoms with Crippen molar-refractivity contribution >= 4 is 0 Å². The maximum atomic E-state index is 10.3. The molecule has 0 saturated heterocycles. The summed E-state index contributed by atoms with van der Waals surface area (Å²) >= 11 is 0. The van der Waals surface area contributed by atoms with Crippen LogP contribution < -0.4 is 0 Å². The second kappa shape index (κ2) is 9.30. The number of rotatable bonds is 6. The molecule has 0 heterocycles. The highest BCUT2D eigenvalue weighted by Gasteiger charge is 2.50. The largest absolute Gasteiger partial charge is 0.393 e. The first-order valence-corrected chi connectivity index (χ1v) is 12.2. The fourth-order valence-corrected chi connectivity index (χ4v) is 6.58. The molecule has 3 rings (SSSR count). The van der Waals surface area contributed by atoms with Gasteiger partial charge in [-0.3, -0.25) is 0 Å². The molecule has 0 aromatic rings. The summed E-state index contributed by atoms with van der Waals surface area (Å²) in [4.78, 5) is 0. The summed E-state index contributed by atoms with van der Waals surface area (Å²) in [6, 6.07) is 0. The van der Waals surface area contributed by atoms with Gasteiger partial charge in [-0.05, 0) is 107 Å². The van der Waals surface area contributed by atoms with E-state index >= 15 is 0 Å². The first kappa shape index (κ1) is 23.8. The first-order valence-electron chi connectivity index (χ1n) is 12.2. The van der Waals surface area contributed by atoms with Crippen molar-refractivity contribution in [3.63, 3.8) is 0 Å². The van der Waals surface area contributed by atoms with Gasteiger partial charge in [0.25, 0.3) is 0 Å². The van der Waals surface area contributed by atoms with Crippen LogP contribution in [0.25, 0.3) is 0 Å². The van der Waals surface area contributed by atoms with Crippen molar-refractivity contribution in [2.45, 2.75) is 110 Å². The van der Waals surface area contributed by atoms with Gasteiger partial charge in [-0.2, -0.15) is 0 Å². The van der Waals surface area contributed by atoms with E-state index in [0.717, 1.165) is 25.7 Å². The Balaban J connectivity index is 1.69. The van der Waals surface area contributed by atoms with E-state index in [-0.39, 0.29) is 6.10 Å². The Labute approximate surface area is 184 Å². The number of fused-ring (bicyclic) bond motifs is 1. The van der Waals surface area contributed by atoms with E-state index in [9.17, 15) is 15.3 Å². The van der Waals surface area contributed by atoms with Crippen LogP contribution in [-0.4, -0.2) is 33.1 Å². The predicted octanol–water partition coefficient (Wildman–Crippen LogP) is 5.70. The van der Waals surface area contributed by atoms with Crippen molar-refractivity contribution in [2.75, 3.05) is 0 Å². The lowest BCUT2D eigenvalue weighted by Gasteiger charge is -2.44. The lowest BCUT2D eigenvalue weighted by molar-refractivity contribution is -0.0554. The molecule has 3 heteroatoms. The van der Waals surface area contributed by atoms with Crippen molar-refractivity contribution in [1.29, 1.82) is 0 Å². The zero-order valence-electron chi connectivity index (χ0n) is 19.7. The first-order chi connectivity index (χ1) is 14.0. The van der Waals surface area contributed by atoms with E-state index < -0.39 is 11.7 Å². The lowest BCUT2D eigenvalue weighted by atomic mass is 9.60. The number of hydrogen-bond acceptors (Lipinski definition) is 3. The third-order valence-corrected chi connectivity index (χ3v) is 8.62. The second-order valence-electron chi connectivity index (χ2n) is 11.3. The van der Waals surface area contributed by atoms with Gasteiger partial charge in [-0.25, -0.2) is 0 Å². The van der Waals surface area contributed by atoms with Crippen LogP contribution in [0.2, 0.25) is 0 Å². The number of aliphatic hydroxyl groups excluding tert-OH is 2. The summed E-state index contributed by atoms with van der Waals surface area (Å²) < 4.78 is 0. The van der Waals surface area contributed by atoms with Gasteiger partial charge in [0.1, 0.15) is 0 Å². The Morgan fingerprint density at radius 3 is 2.60 bits per heavy atom. The Kier molecular flexibility index (Phi) is 7.37. The average Bonchev–Trinajstić information content (AvgIpc) is 3.03. The summed E-state index contributed by atoms with van der Waals surface area (Å²) in [5.41, 5.74) is 3.34. The minimum atomic E-state index is -1.02. The van der Waals surface area contributed by atoms with Crippen LogP contribution in [0.3, 0.4) is 0 Å². The molecule has 3 aliphatic rings. The molecule has 6 atom stereocenters. The standard InChI is InChI=1S/C27H44O3/c1-18-8-12-22(28)17-21(18)11-10-20-7-6-16-27(5)23(13-14-24(20)27)19(2)9-15-25(29)26(3,4)30/h10-11,19,22-25,28-30H,1,6-9,12-17H2,2-5H3/b20-10+,21-11-/t19-,22+,23?,24?,25-,27-/m1/s1. The van der Waals surface area contributed by atoms with Crippen molar-refractivity contribution in [2.24, 2.45) is 23.2 Å². The van der Waals surface area contributed by atoms with Gasteiger partial charge in [0, 0.05) is 0 Å². The lowest BCUT2D eigenvalue weighted by Crippen LogP contribution is -2.38. The normalized spacial score (nSPS) is 37.4. The van der Waals surface area contributed by atoms with Gasteiger partial charge < -0.3 is 15.3 Å². The Morgan fingerprint density at radius 1 is 1.17 bits per heavy atom. The minimum Gasteiger partial charge on any atom is -0.393 e. The molecule has 3 saturated carbocycles. The maximum Gasteiger partial charge on any atom is 0.0849 e. The topological polar surface area (TPSA) is 60.7 Å². The van der Waals surface area contributed by atoms with Crippen LogP contribution in [0.1, 0.15) is 91.9 Å². The summed E-state index contributed by atoms with van der Waals surface area (Å²) in [7, 11) is 0. The summed E-state index contributed by atoms with van der Waals surface area (Å²) in [5, 5.41) is 30.3. The van der Waals surface area contributed by atoms with E-state index in [1.54, 1.807) is 19.4 Å². The molecular formula is C27H44O3. The summed E-state index contributed by atoms with van der Waals surface area (Å²) in [6.45, 7) is 12.5. The van der Waals surface area contributed by atoms with Crippen molar-refractivity contribution < 1.29 is 15.3 Å². The molecule has 3 N–H and O–H groups in total. The van der Waals surface area contributed by atoms with Crippen LogP contribution >= 0.6 is 0 Å². The molecule has 0 aliphatic heterocycles. The highest BCUT2D eigenvalue weighted by atomic mass is 16.3. The molecule has 0 aromatic carbocycles. The fourth-order valence-electron chi connectivity index (χ4n) is 6.58. The van der Waals surface area contributed by atoms with Crippen molar-refractivity contribution in [3.05, 3.63) is 35.5 Å². The molecule has 3 nitrogen and oxygen atoms in total. The van der Waals surface area contributed by atoms with Crippen LogP contribution in [0.5, 0.6) is 0 Å². The minimum absolute atomic E-state index is 0.215. The summed E-state index contributed by atoms with van der Waals surface area (Å²) in [6.07, 6.45) is 14.1. The molecule has 3 aliphatic carbocycles. The highest BCUT2D eigenvalue weighted by molar-refractivity contribution is 5.36. The molecule has 2 unspecified atom stereocenters. The monoisotopic (exact) mass is 416 g/mol. The van der Waals surface area contributed by atoms with Crippen LogP contribution in [0.15, 0.2) is 35.5 Å². The van der Waals surface area contributed by atoms with E-state index in [1.807, 2.05) is 0 Å². The second-order valence-corrected chi connectivity index (χ2v) is 11.3. The molecule has 170 valence electrons. The zero-order chi connectivity index (χ0) is 22.1. The third kappa shape index (κ3) is 5.11. The van der Waals surface area contributed by atoms with Gasteiger partial charge in [0.2, 0.25) is 0 Å². The number of allylic oxidation sites excluding steroid dienone is 4. The van der Waals surface area contributed by atoms with Crippen LogP contribution in [-0.2, 0) is 0 Å². The molecule has 0 aromatic heterocycles. The molecule has 0 radical (unpaired) electrons. The van der Waals surface area contributed by atoms with E-state index in [1.165, 1.54) is 43.3 Å². The number of hydrogen-bond donors (Lipinski definition) is 3. The van der Waals surface area contributed by atoms with Crippen molar-refractivity contribution in [3.8, 4) is 0 Å². The molecule has 0 bridgehead atoms. The van der Waals surface area contributed by atoms with Gasteiger partial charge >= 0.3 is 0 Å². The average molecular weight is 417 g/mol. The maximum absolute atomic E-state index is 10.3. The van der Waals surface area contributed by atoms with E-state index in [0.29, 0.717) is 29.6 Å². The Morgan fingerprint density at radius 2 is 1.90 bits per heavy atom. The zero-order valence-corrected chi connectivity index (χ0v) is 19.7. The van der Waals surface area contributed by atoms with Gasteiger partial charge in [0.15, 0.2) is 0 Å². The van der Waals surface area contributed by atoms with Gasteiger partial charge in [-0.15, -0.1) is 0 Å². The van der Waals surface area contributed by atoms with Crippen LogP contribution in [0.4, 0.5) is 0 Å². The third-order valence-electron chi connectivity index (χ3n) is 8.62. The predicted molar refractivity (Wildman–Crippen MR) is 124 cm³/mol. The Bertz CT molecular complexity index is 683. The Hall–Kier alpha value is -0.900. The molecular weight excluding hydrogens is 372 g/mol. The smallest absolute Gasteiger partial charge is 0.0849 e. The van der Waals surface area contributed by atoms with Crippen molar-refractivity contribution in [1.82, 2.24) is 0 Å². The highest BCUT2D eigenvalue weighted by Crippen LogP contribution is 2.60. The fraction of sp³-hybridized carbons (Fsp3) is 0.778. The molecule has 0 amide bonds. The van der Waals surface area contributed by atoms with Gasteiger partial charge in [0.05, 0.1) is 17.8 Å². The van der Waals surface area contributed by atoms with Crippen LogP contribution in [0, 0.1) is 23.2 Å². The molecule has 0 spiro atoms. The summed E-state index contributed by atoms with van der Waals surface area (Å²) in [5.74, 6) is 1.89. The van der Waals surface area contributed by atoms with E-state index in [4.69, 9.17) is 0 Å². The molecule has 30 heavy (non-hydrogen) atoms. The van der Waals surface area contributed by atoms with E-state index in [2.05, 4.69) is 32.6 Å². The molecule has 3 fully saturated rings.